The van der Waals surface area contributed by atoms with E-state index in [4.69, 9.17) is 28.4 Å². The summed E-state index contributed by atoms with van der Waals surface area (Å²) < 4.78 is 33.6. The van der Waals surface area contributed by atoms with Crippen LogP contribution in [0.15, 0.2) is 0 Å². The molecule has 148 valence electrons. The summed E-state index contributed by atoms with van der Waals surface area (Å²) in [7, 11) is 1.60. The van der Waals surface area contributed by atoms with Gasteiger partial charge in [0.15, 0.2) is 5.82 Å². The second-order valence-corrected chi connectivity index (χ2v) is 6.23. The van der Waals surface area contributed by atoms with E-state index in [-0.39, 0.29) is 18.8 Å². The Kier molecular flexibility index (Phi) is 9.21. The van der Waals surface area contributed by atoms with E-state index in [9.17, 15) is 0 Å². The maximum atomic E-state index is 5.86. The molecule has 8 heteroatoms. The highest BCUT2D eigenvalue weighted by molar-refractivity contribution is 5.29. The van der Waals surface area contributed by atoms with Crippen LogP contribution >= 0.6 is 0 Å². The molecule has 1 aromatic rings. The van der Waals surface area contributed by atoms with Crippen molar-refractivity contribution in [2.24, 2.45) is 0 Å². The van der Waals surface area contributed by atoms with Gasteiger partial charge in [0.05, 0.1) is 71.3 Å². The van der Waals surface area contributed by atoms with Crippen LogP contribution in [0.25, 0.3) is 0 Å². The van der Waals surface area contributed by atoms with Gasteiger partial charge in [-0.1, -0.05) is 0 Å². The first kappa shape index (κ1) is 21.0. The van der Waals surface area contributed by atoms with Crippen LogP contribution in [-0.4, -0.2) is 68.9 Å². The molecule has 0 unspecified atom stereocenters. The highest BCUT2D eigenvalue weighted by Crippen LogP contribution is 2.19. The van der Waals surface area contributed by atoms with E-state index in [1.807, 2.05) is 20.8 Å². The van der Waals surface area contributed by atoms with Gasteiger partial charge in [0.25, 0.3) is 0 Å². The van der Waals surface area contributed by atoms with Gasteiger partial charge in [0, 0.05) is 5.56 Å². The van der Waals surface area contributed by atoms with Gasteiger partial charge in [-0.05, 0) is 20.8 Å². The van der Waals surface area contributed by atoms with Gasteiger partial charge in [-0.15, -0.1) is 0 Å². The van der Waals surface area contributed by atoms with E-state index in [0.29, 0.717) is 58.0 Å². The lowest BCUT2D eigenvalue weighted by molar-refractivity contribution is -0.0487. The van der Waals surface area contributed by atoms with Crippen molar-refractivity contribution in [2.75, 3.05) is 46.8 Å². The lowest BCUT2D eigenvalue weighted by Gasteiger charge is -2.17. The second-order valence-electron chi connectivity index (χ2n) is 6.23. The van der Waals surface area contributed by atoms with Crippen LogP contribution in [0.3, 0.4) is 0 Å². The molecule has 0 saturated carbocycles. The molecular formula is C18H30N2O6. The minimum Gasteiger partial charge on any atom is -0.481 e. The predicted octanol–water partition coefficient (Wildman–Crippen LogP) is 1.67. The molecule has 8 nitrogen and oxygen atoms in total. The number of nitrogens with zero attached hydrogens (tertiary/aromatic N) is 2. The zero-order valence-electron chi connectivity index (χ0n) is 16.2. The molecule has 2 heterocycles. The number of fused-ring (bicyclic) bond motifs is 2. The molecule has 0 aliphatic carbocycles. The van der Waals surface area contributed by atoms with Crippen LogP contribution in [0.2, 0.25) is 0 Å². The zero-order valence-corrected chi connectivity index (χ0v) is 16.2. The number of ether oxygens (including phenoxy) is 6. The summed E-state index contributed by atoms with van der Waals surface area (Å²) in [6.45, 7) is 9.56. The second kappa shape index (κ2) is 11.4. The number of aromatic nitrogens is 2. The fourth-order valence-corrected chi connectivity index (χ4v) is 2.36. The van der Waals surface area contributed by atoms with Crippen LogP contribution in [0.5, 0.6) is 5.88 Å². The number of rotatable bonds is 1. The van der Waals surface area contributed by atoms with Gasteiger partial charge in [0.2, 0.25) is 5.88 Å². The van der Waals surface area contributed by atoms with Crippen molar-refractivity contribution in [3.05, 3.63) is 17.1 Å². The Bertz CT molecular complexity index is 543. The lowest BCUT2D eigenvalue weighted by Crippen LogP contribution is -2.21. The van der Waals surface area contributed by atoms with Crippen molar-refractivity contribution in [1.82, 2.24) is 9.97 Å². The monoisotopic (exact) mass is 370 g/mol. The van der Waals surface area contributed by atoms with Crippen LogP contribution in [0.1, 0.15) is 30.9 Å². The molecule has 1 aliphatic rings. The molecule has 0 spiro atoms. The van der Waals surface area contributed by atoms with Crippen molar-refractivity contribution in [2.45, 2.75) is 46.2 Å². The first-order chi connectivity index (χ1) is 12.6. The Morgan fingerprint density at radius 2 is 1.42 bits per heavy atom. The lowest BCUT2D eigenvalue weighted by atomic mass is 10.2. The predicted molar refractivity (Wildman–Crippen MR) is 94.3 cm³/mol. The molecule has 0 aromatic carbocycles. The molecule has 1 aliphatic heterocycles. The van der Waals surface area contributed by atoms with Crippen LogP contribution in [0, 0.1) is 6.92 Å². The average Bonchev–Trinajstić information content (AvgIpc) is 2.64. The Morgan fingerprint density at radius 1 is 0.846 bits per heavy atom. The fourth-order valence-electron chi connectivity index (χ4n) is 2.36. The Balaban J connectivity index is 2.07. The van der Waals surface area contributed by atoms with Gasteiger partial charge < -0.3 is 28.4 Å². The van der Waals surface area contributed by atoms with E-state index >= 15 is 0 Å². The highest BCUT2D eigenvalue weighted by Gasteiger charge is 2.14. The largest absolute Gasteiger partial charge is 0.481 e. The summed E-state index contributed by atoms with van der Waals surface area (Å²) in [4.78, 5) is 8.98. The first-order valence-electron chi connectivity index (χ1n) is 8.97. The van der Waals surface area contributed by atoms with Gasteiger partial charge in [-0.3, -0.25) is 0 Å². The van der Waals surface area contributed by atoms with Crippen LogP contribution in [-0.2, 0) is 36.9 Å². The van der Waals surface area contributed by atoms with E-state index in [1.165, 1.54) is 0 Å². The number of methoxy groups -OCH3 is 1. The summed E-state index contributed by atoms with van der Waals surface area (Å²) >= 11 is 0. The van der Waals surface area contributed by atoms with Gasteiger partial charge >= 0.3 is 0 Å². The standard InChI is InChI=1S/C18H30N2O6/c1-13-9-23-7-5-22-6-8-24-10-14(2)26-12-17-19-16(11-25-13)15(3)18(20-17)21-4/h13-14H,5-12H2,1-4H3/t13-,14-/m0/s1. The molecule has 0 radical (unpaired) electrons. The van der Waals surface area contributed by atoms with E-state index < -0.39 is 0 Å². The number of hydrogen-bond acceptors (Lipinski definition) is 8. The third kappa shape index (κ3) is 7.13. The summed E-state index contributed by atoms with van der Waals surface area (Å²) in [5.41, 5.74) is 1.65. The Hall–Kier alpha value is -1.32. The van der Waals surface area contributed by atoms with Gasteiger partial charge in [-0.2, -0.15) is 4.98 Å². The quantitative estimate of drug-likeness (QED) is 0.738. The van der Waals surface area contributed by atoms with Crippen molar-refractivity contribution < 1.29 is 28.4 Å². The van der Waals surface area contributed by atoms with Crippen molar-refractivity contribution in [1.29, 1.82) is 0 Å². The third-order valence-corrected chi connectivity index (χ3v) is 3.89. The smallest absolute Gasteiger partial charge is 0.219 e. The Morgan fingerprint density at radius 3 is 2.04 bits per heavy atom. The summed E-state index contributed by atoms with van der Waals surface area (Å²) in [6, 6.07) is 0. The van der Waals surface area contributed by atoms with Crippen molar-refractivity contribution >= 4 is 0 Å². The molecule has 0 amide bonds. The molecule has 2 bridgehead atoms. The molecule has 2 rings (SSSR count). The van der Waals surface area contributed by atoms with E-state index in [0.717, 1.165) is 11.3 Å². The maximum Gasteiger partial charge on any atom is 0.219 e. The molecule has 0 fully saturated rings. The van der Waals surface area contributed by atoms with E-state index in [2.05, 4.69) is 9.97 Å². The minimum absolute atomic E-state index is 0.0581. The third-order valence-electron chi connectivity index (χ3n) is 3.89. The van der Waals surface area contributed by atoms with Crippen LogP contribution in [0.4, 0.5) is 0 Å². The molecular weight excluding hydrogens is 340 g/mol. The molecule has 26 heavy (non-hydrogen) atoms. The molecule has 0 N–H and O–H groups in total. The molecule has 1 aromatic heterocycles. The van der Waals surface area contributed by atoms with Gasteiger partial charge in [0.1, 0.15) is 6.61 Å². The van der Waals surface area contributed by atoms with E-state index in [1.54, 1.807) is 7.11 Å². The molecule has 2 atom stereocenters. The first-order valence-corrected chi connectivity index (χ1v) is 8.97. The van der Waals surface area contributed by atoms with Crippen molar-refractivity contribution in [3.63, 3.8) is 0 Å². The fraction of sp³-hybridized carbons (Fsp3) is 0.778. The zero-order chi connectivity index (χ0) is 18.8. The minimum atomic E-state index is -0.0761. The normalized spacial score (nSPS) is 24.5. The average molecular weight is 370 g/mol. The van der Waals surface area contributed by atoms with Crippen molar-refractivity contribution in [3.8, 4) is 5.88 Å². The molecule has 0 saturated heterocycles. The van der Waals surface area contributed by atoms with Gasteiger partial charge in [-0.25, -0.2) is 4.98 Å². The summed E-state index contributed by atoms with van der Waals surface area (Å²) in [5.74, 6) is 1.10. The SMILES string of the molecule is COc1nc2nc(c1C)CO[C@@H](C)COCCOCCOC[C@H](C)OC2. The summed E-state index contributed by atoms with van der Waals surface area (Å²) in [5, 5.41) is 0. The Labute approximate surface area is 155 Å². The maximum absolute atomic E-state index is 5.86. The highest BCUT2D eigenvalue weighted by atomic mass is 16.6. The summed E-state index contributed by atoms with van der Waals surface area (Å²) in [6.07, 6.45) is -0.134. The topological polar surface area (TPSA) is 81.2 Å². The van der Waals surface area contributed by atoms with Crippen LogP contribution < -0.4 is 4.74 Å². The number of hydrogen-bond donors (Lipinski definition) is 0.